The van der Waals surface area contributed by atoms with Gasteiger partial charge in [-0.25, -0.2) is 0 Å². The Labute approximate surface area is 106 Å². The number of amides is 1. The number of H-pyrrole nitrogens is 1. The number of nitrogens with zero attached hydrogens (tertiary/aromatic N) is 1. The Balaban J connectivity index is 2.80. The fourth-order valence-electron chi connectivity index (χ4n) is 1.64. The highest BCUT2D eigenvalue weighted by Crippen LogP contribution is 2.18. The molecule has 0 saturated carbocycles. The van der Waals surface area contributed by atoms with Gasteiger partial charge in [0.25, 0.3) is 0 Å². The van der Waals surface area contributed by atoms with Crippen molar-refractivity contribution in [2.24, 2.45) is 11.7 Å². The molecule has 1 aromatic rings. The van der Waals surface area contributed by atoms with Crippen LogP contribution in [0.1, 0.15) is 31.2 Å². The van der Waals surface area contributed by atoms with Gasteiger partial charge in [0.15, 0.2) is 0 Å². The van der Waals surface area contributed by atoms with E-state index < -0.39 is 5.92 Å². The lowest BCUT2D eigenvalue weighted by molar-refractivity contribution is -0.118. The first kappa shape index (κ1) is 13.6. The molecule has 1 atom stereocenters. The second-order valence-corrected chi connectivity index (χ2v) is 4.51. The van der Waals surface area contributed by atoms with Crippen LogP contribution in [0.2, 0.25) is 0 Å². The van der Waals surface area contributed by atoms with Crippen LogP contribution in [0.4, 0.5) is 5.69 Å². The summed E-state index contributed by atoms with van der Waals surface area (Å²) in [6.45, 7) is 5.67. The molecule has 0 aromatic carbocycles. The van der Waals surface area contributed by atoms with Crippen LogP contribution in [0.5, 0.6) is 0 Å². The first-order valence-corrected chi connectivity index (χ1v) is 6.00. The number of nitrogens with one attached hydrogen (secondary N) is 2. The number of aryl methyl sites for hydroxylation is 2. The highest BCUT2D eigenvalue weighted by atomic mass is 32.1. The zero-order chi connectivity index (χ0) is 13.0. The van der Waals surface area contributed by atoms with Gasteiger partial charge in [-0.15, -0.1) is 0 Å². The molecule has 0 aliphatic carbocycles. The van der Waals surface area contributed by atoms with Crippen molar-refractivity contribution in [3.05, 3.63) is 11.4 Å². The van der Waals surface area contributed by atoms with Gasteiger partial charge >= 0.3 is 0 Å². The Morgan fingerprint density at radius 2 is 2.24 bits per heavy atom. The van der Waals surface area contributed by atoms with Crippen LogP contribution in [0.15, 0.2) is 0 Å². The summed E-state index contributed by atoms with van der Waals surface area (Å²) in [5, 5.41) is 9.65. The topological polar surface area (TPSA) is 83.8 Å². The van der Waals surface area contributed by atoms with Crippen molar-refractivity contribution in [2.45, 2.75) is 33.6 Å². The largest absolute Gasteiger partial charge is 0.393 e. The van der Waals surface area contributed by atoms with Crippen molar-refractivity contribution in [2.75, 3.05) is 5.32 Å². The molecule has 4 N–H and O–H groups in total. The molecule has 1 heterocycles. The minimum Gasteiger partial charge on any atom is -0.393 e. The predicted octanol–water partition coefficient (Wildman–Crippen LogP) is 1.67. The van der Waals surface area contributed by atoms with E-state index in [1.54, 1.807) is 0 Å². The van der Waals surface area contributed by atoms with Crippen LogP contribution < -0.4 is 11.1 Å². The fourth-order valence-corrected chi connectivity index (χ4v) is 1.86. The average Bonchev–Trinajstić information content (AvgIpc) is 2.57. The van der Waals surface area contributed by atoms with Crippen LogP contribution >= 0.6 is 12.2 Å². The zero-order valence-electron chi connectivity index (χ0n) is 10.3. The second-order valence-electron chi connectivity index (χ2n) is 4.04. The number of aromatic nitrogens is 2. The predicted molar refractivity (Wildman–Crippen MR) is 71.9 cm³/mol. The number of nitrogens with two attached hydrogens (primary N) is 1. The summed E-state index contributed by atoms with van der Waals surface area (Å²) in [7, 11) is 0. The highest BCUT2D eigenvalue weighted by molar-refractivity contribution is 7.80. The van der Waals surface area contributed by atoms with Gasteiger partial charge in [0, 0.05) is 0 Å². The van der Waals surface area contributed by atoms with Gasteiger partial charge in [-0.1, -0.05) is 25.6 Å². The Kier molecular flexibility index (Phi) is 4.62. The van der Waals surface area contributed by atoms with Crippen LogP contribution in [0, 0.1) is 19.8 Å². The molecule has 1 aromatic heterocycles. The van der Waals surface area contributed by atoms with Crippen molar-refractivity contribution in [1.29, 1.82) is 0 Å². The smallest absolute Gasteiger partial charge is 0.234 e. The molecule has 0 spiro atoms. The summed E-state index contributed by atoms with van der Waals surface area (Å²) in [6.07, 6.45) is 1.52. The van der Waals surface area contributed by atoms with Gasteiger partial charge in [0.05, 0.1) is 28.0 Å². The third kappa shape index (κ3) is 3.26. The maximum absolute atomic E-state index is 12.0. The molecule has 0 fully saturated rings. The molecular formula is C11H18N4OS. The van der Waals surface area contributed by atoms with E-state index in [1.807, 2.05) is 20.8 Å². The molecule has 0 aliphatic rings. The molecule has 17 heavy (non-hydrogen) atoms. The third-order valence-electron chi connectivity index (χ3n) is 2.61. The van der Waals surface area contributed by atoms with Crippen molar-refractivity contribution in [3.63, 3.8) is 0 Å². The molecule has 5 nitrogen and oxygen atoms in total. The average molecular weight is 254 g/mol. The number of rotatable bonds is 5. The second kappa shape index (κ2) is 5.77. The van der Waals surface area contributed by atoms with E-state index >= 15 is 0 Å². The lowest BCUT2D eigenvalue weighted by Crippen LogP contribution is -2.33. The van der Waals surface area contributed by atoms with Gasteiger partial charge < -0.3 is 11.1 Å². The quantitative estimate of drug-likeness (QED) is 0.698. The number of thiocarbonyl (C=S) groups is 1. The minimum absolute atomic E-state index is 0.160. The van der Waals surface area contributed by atoms with Gasteiger partial charge in [0.1, 0.15) is 0 Å². The Morgan fingerprint density at radius 1 is 1.59 bits per heavy atom. The fraction of sp³-hybridized carbons (Fsp3) is 0.545. The first-order valence-electron chi connectivity index (χ1n) is 5.59. The van der Waals surface area contributed by atoms with Crippen molar-refractivity contribution < 1.29 is 4.79 Å². The highest BCUT2D eigenvalue weighted by Gasteiger charge is 2.22. The summed E-state index contributed by atoms with van der Waals surface area (Å²) in [5.74, 6) is -0.573. The lowest BCUT2D eigenvalue weighted by Gasteiger charge is -2.14. The SMILES string of the molecule is CCCC(C(=O)Nc1c(C)n[nH]c1C)C(N)=S. The van der Waals surface area contributed by atoms with E-state index in [9.17, 15) is 4.79 Å². The summed E-state index contributed by atoms with van der Waals surface area (Å²) >= 11 is 4.91. The van der Waals surface area contributed by atoms with Crippen LogP contribution in [0.25, 0.3) is 0 Å². The third-order valence-corrected chi connectivity index (χ3v) is 2.90. The van der Waals surface area contributed by atoms with Crippen molar-refractivity contribution >= 4 is 28.8 Å². The molecule has 1 unspecified atom stereocenters. The molecule has 6 heteroatoms. The summed E-state index contributed by atoms with van der Waals surface area (Å²) in [4.78, 5) is 12.3. The molecule has 1 amide bonds. The van der Waals surface area contributed by atoms with E-state index in [0.717, 1.165) is 17.8 Å². The monoisotopic (exact) mass is 254 g/mol. The molecule has 0 bridgehead atoms. The Bertz CT molecular complexity index is 408. The molecule has 0 saturated heterocycles. The van der Waals surface area contributed by atoms with Crippen molar-refractivity contribution in [3.8, 4) is 0 Å². The number of carbonyl (C=O) groups excluding carboxylic acids is 1. The van der Waals surface area contributed by atoms with Crippen LogP contribution in [0.3, 0.4) is 0 Å². The number of hydrogen-bond donors (Lipinski definition) is 3. The Hall–Kier alpha value is -1.43. The van der Waals surface area contributed by atoms with Gasteiger partial charge in [-0.05, 0) is 20.3 Å². The first-order chi connectivity index (χ1) is 7.97. The zero-order valence-corrected chi connectivity index (χ0v) is 11.1. The summed E-state index contributed by atoms with van der Waals surface area (Å²) < 4.78 is 0. The van der Waals surface area contributed by atoms with Gasteiger partial charge in [-0.3, -0.25) is 9.89 Å². The minimum atomic E-state index is -0.413. The van der Waals surface area contributed by atoms with E-state index in [4.69, 9.17) is 18.0 Å². The van der Waals surface area contributed by atoms with E-state index in [-0.39, 0.29) is 10.9 Å². The standard InChI is InChI=1S/C11H18N4OS/c1-4-5-8(10(12)17)11(16)13-9-6(2)14-15-7(9)3/h8H,4-5H2,1-3H3,(H2,12,17)(H,13,16)(H,14,15). The normalized spacial score (nSPS) is 12.2. The maximum Gasteiger partial charge on any atom is 0.234 e. The number of carbonyl (C=O) groups is 1. The van der Waals surface area contributed by atoms with Crippen LogP contribution in [-0.4, -0.2) is 21.1 Å². The lowest BCUT2D eigenvalue weighted by atomic mass is 10.0. The Morgan fingerprint density at radius 3 is 2.65 bits per heavy atom. The van der Waals surface area contributed by atoms with E-state index in [0.29, 0.717) is 12.1 Å². The molecule has 0 aliphatic heterocycles. The van der Waals surface area contributed by atoms with Gasteiger partial charge in [0.2, 0.25) is 5.91 Å². The number of anilines is 1. The van der Waals surface area contributed by atoms with E-state index in [2.05, 4.69) is 15.5 Å². The van der Waals surface area contributed by atoms with Crippen molar-refractivity contribution in [1.82, 2.24) is 10.2 Å². The maximum atomic E-state index is 12.0. The van der Waals surface area contributed by atoms with Gasteiger partial charge in [-0.2, -0.15) is 5.10 Å². The summed E-state index contributed by atoms with van der Waals surface area (Å²) in [6, 6.07) is 0. The molecule has 94 valence electrons. The van der Waals surface area contributed by atoms with E-state index in [1.165, 1.54) is 0 Å². The number of hydrogen-bond acceptors (Lipinski definition) is 3. The number of aromatic amines is 1. The molecular weight excluding hydrogens is 236 g/mol. The summed E-state index contributed by atoms with van der Waals surface area (Å²) in [5.41, 5.74) is 7.88. The molecule has 1 rings (SSSR count). The molecule has 0 radical (unpaired) electrons. The van der Waals surface area contributed by atoms with Crippen LogP contribution in [-0.2, 0) is 4.79 Å².